The van der Waals surface area contributed by atoms with Gasteiger partial charge in [0.05, 0.1) is 12.5 Å². The van der Waals surface area contributed by atoms with Gasteiger partial charge in [0.1, 0.15) is 0 Å². The van der Waals surface area contributed by atoms with Gasteiger partial charge in [-0.15, -0.1) is 0 Å². The van der Waals surface area contributed by atoms with Crippen LogP contribution in [0.15, 0.2) is 12.4 Å². The third-order valence-corrected chi connectivity index (χ3v) is 2.43. The van der Waals surface area contributed by atoms with Gasteiger partial charge in [-0.2, -0.15) is 5.26 Å². The first-order valence-corrected chi connectivity index (χ1v) is 5.03. The average Bonchev–Trinajstić information content (AvgIpc) is 3.05. The van der Waals surface area contributed by atoms with Crippen molar-refractivity contribution in [2.24, 2.45) is 0 Å². The molecule has 1 saturated carbocycles. The van der Waals surface area contributed by atoms with Gasteiger partial charge < -0.3 is 10.6 Å². The van der Waals surface area contributed by atoms with Gasteiger partial charge in [-0.3, -0.25) is 0 Å². The lowest BCUT2D eigenvalue weighted by molar-refractivity contribution is 0.776. The molecule has 15 heavy (non-hydrogen) atoms. The Kier molecular flexibility index (Phi) is 2.68. The van der Waals surface area contributed by atoms with Crippen molar-refractivity contribution >= 4 is 11.6 Å². The molecule has 1 aromatic rings. The number of rotatable bonds is 4. The number of nitrogens with two attached hydrogens (primary N) is 1. The molecule has 78 valence electrons. The van der Waals surface area contributed by atoms with Crippen molar-refractivity contribution in [3.05, 3.63) is 12.4 Å². The van der Waals surface area contributed by atoms with Crippen LogP contribution >= 0.6 is 0 Å². The maximum Gasteiger partial charge on any atom is 0.171 e. The van der Waals surface area contributed by atoms with Gasteiger partial charge in [0, 0.05) is 25.0 Å². The van der Waals surface area contributed by atoms with Crippen LogP contribution in [0.25, 0.3) is 0 Å². The lowest BCUT2D eigenvalue weighted by atomic mass is 10.3. The van der Waals surface area contributed by atoms with Gasteiger partial charge in [-0.1, -0.05) is 0 Å². The lowest BCUT2D eigenvalue weighted by Gasteiger charge is -2.22. The lowest BCUT2D eigenvalue weighted by Crippen LogP contribution is -2.28. The summed E-state index contributed by atoms with van der Waals surface area (Å²) < 4.78 is 0. The number of nitriles is 1. The molecule has 1 aliphatic carbocycles. The number of nitrogen functional groups attached to an aromatic ring is 1. The van der Waals surface area contributed by atoms with Crippen molar-refractivity contribution in [2.45, 2.75) is 25.3 Å². The molecule has 0 aliphatic heterocycles. The molecule has 2 rings (SSSR count). The number of hydrogen-bond donors (Lipinski definition) is 1. The Bertz CT molecular complexity index is 380. The molecule has 1 fully saturated rings. The van der Waals surface area contributed by atoms with E-state index in [9.17, 15) is 0 Å². The summed E-state index contributed by atoms with van der Waals surface area (Å²) in [6.07, 6.45) is 6.01. The quantitative estimate of drug-likeness (QED) is 0.787. The van der Waals surface area contributed by atoms with E-state index in [1.54, 1.807) is 12.4 Å². The topological polar surface area (TPSA) is 78.8 Å². The molecule has 0 radical (unpaired) electrons. The molecule has 1 heterocycles. The number of aromatic nitrogens is 2. The maximum absolute atomic E-state index is 8.59. The largest absolute Gasteiger partial charge is 0.381 e. The predicted molar refractivity (Wildman–Crippen MR) is 57.0 cm³/mol. The Labute approximate surface area is 88.5 Å². The number of anilines is 2. The molecular formula is C10H13N5. The summed E-state index contributed by atoms with van der Waals surface area (Å²) in [7, 11) is 0. The first-order chi connectivity index (χ1) is 7.33. The molecule has 0 saturated heterocycles. The minimum absolute atomic E-state index is 0.447. The highest BCUT2D eigenvalue weighted by Gasteiger charge is 2.30. The summed E-state index contributed by atoms with van der Waals surface area (Å²) in [5.74, 6) is 1.16. The molecule has 5 nitrogen and oxygen atoms in total. The molecule has 2 N–H and O–H groups in total. The Morgan fingerprint density at radius 2 is 2.20 bits per heavy atom. The summed E-state index contributed by atoms with van der Waals surface area (Å²) in [6.45, 7) is 0.685. The molecule has 1 aromatic heterocycles. The van der Waals surface area contributed by atoms with Crippen LogP contribution in [0.2, 0.25) is 0 Å². The molecular weight excluding hydrogens is 190 g/mol. The molecule has 0 unspecified atom stereocenters. The second-order valence-corrected chi connectivity index (χ2v) is 3.60. The standard InChI is InChI=1S/C10H13N5/c11-4-1-7-15(8-2-3-8)10-9(12)13-5-6-14-10/h5-6,8H,1-3,7H2,(H2,12,13). The van der Waals surface area contributed by atoms with Gasteiger partial charge in [0.25, 0.3) is 0 Å². The van der Waals surface area contributed by atoms with Crippen LogP contribution in [0.4, 0.5) is 11.6 Å². The van der Waals surface area contributed by atoms with E-state index in [2.05, 4.69) is 20.9 Å². The van der Waals surface area contributed by atoms with Gasteiger partial charge >= 0.3 is 0 Å². The van der Waals surface area contributed by atoms with Crippen LogP contribution < -0.4 is 10.6 Å². The highest BCUT2D eigenvalue weighted by atomic mass is 15.2. The van der Waals surface area contributed by atoms with E-state index in [1.165, 1.54) is 0 Å². The van der Waals surface area contributed by atoms with E-state index >= 15 is 0 Å². The summed E-state index contributed by atoms with van der Waals surface area (Å²) in [4.78, 5) is 10.3. The van der Waals surface area contributed by atoms with Gasteiger partial charge in [-0.05, 0) is 12.8 Å². The van der Waals surface area contributed by atoms with Crippen molar-refractivity contribution in [1.82, 2.24) is 9.97 Å². The van der Waals surface area contributed by atoms with Gasteiger partial charge in [0.15, 0.2) is 11.6 Å². The fourth-order valence-corrected chi connectivity index (χ4v) is 1.58. The highest BCUT2D eigenvalue weighted by molar-refractivity contribution is 5.58. The van der Waals surface area contributed by atoms with Crippen LogP contribution in [0.1, 0.15) is 19.3 Å². The summed E-state index contributed by atoms with van der Waals surface area (Å²) in [5.41, 5.74) is 5.76. The fourth-order valence-electron chi connectivity index (χ4n) is 1.58. The van der Waals surface area contributed by atoms with Crippen molar-refractivity contribution in [1.29, 1.82) is 5.26 Å². The summed E-state index contributed by atoms with van der Waals surface area (Å²) >= 11 is 0. The Morgan fingerprint density at radius 1 is 1.47 bits per heavy atom. The van der Waals surface area contributed by atoms with Crippen LogP contribution in [0, 0.1) is 11.3 Å². The Morgan fingerprint density at radius 3 is 2.80 bits per heavy atom. The Hall–Kier alpha value is -1.83. The molecule has 0 bridgehead atoms. The highest BCUT2D eigenvalue weighted by Crippen LogP contribution is 2.32. The molecule has 0 spiro atoms. The van der Waals surface area contributed by atoms with Crippen molar-refractivity contribution < 1.29 is 0 Å². The van der Waals surface area contributed by atoms with Crippen LogP contribution in [-0.4, -0.2) is 22.6 Å². The van der Waals surface area contributed by atoms with Crippen molar-refractivity contribution in [3.8, 4) is 6.07 Å². The smallest absolute Gasteiger partial charge is 0.171 e. The SMILES string of the molecule is N#CCCN(c1nccnc1N)C1CC1. The van der Waals surface area contributed by atoms with E-state index in [1.807, 2.05) is 0 Å². The normalized spacial score (nSPS) is 14.6. The number of nitrogens with zero attached hydrogens (tertiary/aromatic N) is 4. The van der Waals surface area contributed by atoms with Crippen LogP contribution in [0.5, 0.6) is 0 Å². The molecule has 1 aliphatic rings. The maximum atomic E-state index is 8.59. The minimum atomic E-state index is 0.447. The molecule has 0 atom stereocenters. The van der Waals surface area contributed by atoms with E-state index in [4.69, 9.17) is 11.0 Å². The third-order valence-electron chi connectivity index (χ3n) is 2.43. The molecule has 0 amide bonds. The van der Waals surface area contributed by atoms with Crippen molar-refractivity contribution in [3.63, 3.8) is 0 Å². The Balaban J connectivity index is 2.17. The zero-order valence-electron chi connectivity index (χ0n) is 8.43. The van der Waals surface area contributed by atoms with Crippen LogP contribution in [-0.2, 0) is 0 Å². The zero-order valence-corrected chi connectivity index (χ0v) is 8.43. The van der Waals surface area contributed by atoms with E-state index in [0.29, 0.717) is 24.8 Å². The molecule has 5 heteroatoms. The van der Waals surface area contributed by atoms with Crippen LogP contribution in [0.3, 0.4) is 0 Å². The minimum Gasteiger partial charge on any atom is -0.381 e. The average molecular weight is 203 g/mol. The second-order valence-electron chi connectivity index (χ2n) is 3.60. The molecule has 0 aromatic carbocycles. The monoisotopic (exact) mass is 203 g/mol. The third kappa shape index (κ3) is 2.15. The predicted octanol–water partition coefficient (Wildman–Crippen LogP) is 0.941. The summed E-state index contributed by atoms with van der Waals surface area (Å²) in [5, 5.41) is 8.59. The number of hydrogen-bond acceptors (Lipinski definition) is 5. The van der Waals surface area contributed by atoms with Gasteiger partial charge in [-0.25, -0.2) is 9.97 Å². The first-order valence-electron chi connectivity index (χ1n) is 5.03. The van der Waals surface area contributed by atoms with Gasteiger partial charge in [0.2, 0.25) is 0 Å². The van der Waals surface area contributed by atoms with E-state index in [0.717, 1.165) is 18.7 Å². The fraction of sp³-hybridized carbons (Fsp3) is 0.500. The first kappa shape index (κ1) is 9.71. The van der Waals surface area contributed by atoms with Crippen molar-refractivity contribution in [2.75, 3.05) is 17.2 Å². The van der Waals surface area contributed by atoms with E-state index < -0.39 is 0 Å². The van der Waals surface area contributed by atoms with E-state index in [-0.39, 0.29) is 0 Å². The zero-order chi connectivity index (χ0) is 10.7. The summed E-state index contributed by atoms with van der Waals surface area (Å²) in [6, 6.07) is 2.64. The second kappa shape index (κ2) is 4.13.